The van der Waals surface area contributed by atoms with Crippen molar-refractivity contribution in [3.05, 3.63) is 82.3 Å². The average Bonchev–Trinajstić information content (AvgIpc) is 3.43. The Balaban J connectivity index is 1.34. The second-order valence-corrected chi connectivity index (χ2v) is 9.44. The number of carbonyl (C=O) groups excluding carboxylic acids is 2. The number of benzene rings is 2. The van der Waals surface area contributed by atoms with Gasteiger partial charge in [-0.1, -0.05) is 30.3 Å². The van der Waals surface area contributed by atoms with Crippen LogP contribution in [0.5, 0.6) is 5.75 Å². The number of nitrogens with one attached hydrogen (secondary N) is 1. The molecule has 2 amide bonds. The lowest BCUT2D eigenvalue weighted by molar-refractivity contribution is -0.142. The van der Waals surface area contributed by atoms with E-state index in [4.69, 9.17) is 9.47 Å². The van der Waals surface area contributed by atoms with E-state index in [9.17, 15) is 14.0 Å². The summed E-state index contributed by atoms with van der Waals surface area (Å²) in [4.78, 5) is 31.0. The minimum atomic E-state index is -0.707. The summed E-state index contributed by atoms with van der Waals surface area (Å²) in [5.74, 6) is -0.0598. The Hall–Kier alpha value is -3.43. The molecule has 2 aromatic carbocycles. The van der Waals surface area contributed by atoms with Gasteiger partial charge in [0.1, 0.15) is 11.6 Å². The first-order chi connectivity index (χ1) is 17.1. The molecule has 1 fully saturated rings. The molecule has 2 atom stereocenters. The first-order valence-corrected chi connectivity index (χ1v) is 12.4. The van der Waals surface area contributed by atoms with Crippen molar-refractivity contribution in [1.82, 2.24) is 10.2 Å². The van der Waals surface area contributed by atoms with Crippen molar-refractivity contribution >= 4 is 28.8 Å². The van der Waals surface area contributed by atoms with Crippen molar-refractivity contribution in [2.75, 3.05) is 44.3 Å². The molecule has 1 N–H and O–H groups in total. The van der Waals surface area contributed by atoms with Gasteiger partial charge >= 0.3 is 0 Å². The van der Waals surface area contributed by atoms with E-state index in [-0.39, 0.29) is 30.7 Å². The molecular formula is C26H26FN3O4S. The molecular weight excluding hydrogens is 469 g/mol. The average molecular weight is 496 g/mol. The van der Waals surface area contributed by atoms with Gasteiger partial charge in [-0.15, -0.1) is 11.3 Å². The molecule has 9 heteroatoms. The summed E-state index contributed by atoms with van der Waals surface area (Å²) >= 11 is 1.52. The standard InChI is InChI=1S/C26H26FN3O4S/c27-19-9-7-18(8-10-19)25(23-6-3-15-35-23)28-24(31)17-30-16-22(26(32)29-11-13-33-14-12-29)34-21-5-2-1-4-20(21)30/h1-10,15,22,25H,11-14,16-17H2,(H,28,31). The van der Waals surface area contributed by atoms with Crippen molar-refractivity contribution in [3.8, 4) is 5.75 Å². The number of hydrogen-bond donors (Lipinski definition) is 1. The van der Waals surface area contributed by atoms with Crippen LogP contribution in [-0.2, 0) is 14.3 Å². The van der Waals surface area contributed by atoms with Gasteiger partial charge in [-0.05, 0) is 41.3 Å². The lowest BCUT2D eigenvalue weighted by Gasteiger charge is -2.38. The van der Waals surface area contributed by atoms with E-state index >= 15 is 0 Å². The van der Waals surface area contributed by atoms with Crippen molar-refractivity contribution in [3.63, 3.8) is 0 Å². The number of carbonyl (C=O) groups is 2. The van der Waals surface area contributed by atoms with E-state index in [1.165, 1.54) is 23.5 Å². The minimum Gasteiger partial charge on any atom is -0.477 e. The van der Waals surface area contributed by atoms with Crippen LogP contribution >= 0.6 is 11.3 Å². The van der Waals surface area contributed by atoms with E-state index in [2.05, 4.69) is 5.32 Å². The molecule has 0 spiro atoms. The summed E-state index contributed by atoms with van der Waals surface area (Å²) in [7, 11) is 0. The molecule has 2 aliphatic heterocycles. The Morgan fingerprint density at radius 1 is 1.06 bits per heavy atom. The first-order valence-electron chi connectivity index (χ1n) is 11.5. The molecule has 1 aromatic heterocycles. The number of fused-ring (bicyclic) bond motifs is 1. The van der Waals surface area contributed by atoms with Gasteiger partial charge in [-0.2, -0.15) is 0 Å². The number of rotatable bonds is 6. The molecule has 7 nitrogen and oxygen atoms in total. The summed E-state index contributed by atoms with van der Waals surface area (Å²) in [6, 6.07) is 17.0. The summed E-state index contributed by atoms with van der Waals surface area (Å²) < 4.78 is 24.9. The molecule has 2 aliphatic rings. The van der Waals surface area contributed by atoms with Gasteiger partial charge < -0.3 is 24.6 Å². The Morgan fingerprint density at radius 3 is 2.57 bits per heavy atom. The number of anilines is 1. The van der Waals surface area contributed by atoms with Crippen LogP contribution in [0.2, 0.25) is 0 Å². The fourth-order valence-corrected chi connectivity index (χ4v) is 5.18. The first kappa shape index (κ1) is 23.3. The number of thiophene rings is 1. The fourth-order valence-electron chi connectivity index (χ4n) is 4.38. The molecule has 35 heavy (non-hydrogen) atoms. The molecule has 1 saturated heterocycles. The van der Waals surface area contributed by atoms with Gasteiger partial charge in [0.15, 0.2) is 6.10 Å². The highest BCUT2D eigenvalue weighted by Crippen LogP contribution is 2.34. The third-order valence-electron chi connectivity index (χ3n) is 6.13. The highest BCUT2D eigenvalue weighted by atomic mass is 32.1. The number of morpholine rings is 1. The molecule has 0 saturated carbocycles. The van der Waals surface area contributed by atoms with Crippen LogP contribution in [0.3, 0.4) is 0 Å². The predicted octanol–water partition coefficient (Wildman–Crippen LogP) is 3.22. The van der Waals surface area contributed by atoms with E-state index < -0.39 is 12.1 Å². The maximum absolute atomic E-state index is 13.5. The van der Waals surface area contributed by atoms with Gasteiger partial charge in [0.05, 0.1) is 38.0 Å². The SMILES string of the molecule is O=C(CN1CC(C(=O)N2CCOCC2)Oc2ccccc21)NC(c1ccc(F)cc1)c1cccs1. The van der Waals surface area contributed by atoms with Gasteiger partial charge in [0, 0.05) is 18.0 Å². The Morgan fingerprint density at radius 2 is 1.83 bits per heavy atom. The number of para-hydroxylation sites is 2. The second kappa shape index (κ2) is 10.5. The maximum Gasteiger partial charge on any atom is 0.265 e. The summed E-state index contributed by atoms with van der Waals surface area (Å²) in [5.41, 5.74) is 1.56. The number of amides is 2. The van der Waals surface area contributed by atoms with Crippen LogP contribution in [0.25, 0.3) is 0 Å². The van der Waals surface area contributed by atoms with Crippen molar-refractivity contribution < 1.29 is 23.5 Å². The number of nitrogens with zero attached hydrogens (tertiary/aromatic N) is 2. The van der Waals surface area contributed by atoms with Gasteiger partial charge in [0.2, 0.25) is 5.91 Å². The smallest absolute Gasteiger partial charge is 0.265 e. The molecule has 3 aromatic rings. The molecule has 182 valence electrons. The Bertz CT molecular complexity index is 1170. The zero-order valence-electron chi connectivity index (χ0n) is 19.1. The summed E-state index contributed by atoms with van der Waals surface area (Å²) in [5, 5.41) is 5.04. The zero-order chi connectivity index (χ0) is 24.2. The van der Waals surface area contributed by atoms with E-state index in [1.54, 1.807) is 17.0 Å². The molecule has 5 rings (SSSR count). The second-order valence-electron chi connectivity index (χ2n) is 8.46. The summed E-state index contributed by atoms with van der Waals surface area (Å²) in [6.07, 6.45) is -0.707. The summed E-state index contributed by atoms with van der Waals surface area (Å²) in [6.45, 7) is 2.39. The van der Waals surface area contributed by atoms with Crippen LogP contribution in [0, 0.1) is 5.82 Å². The van der Waals surface area contributed by atoms with Crippen LogP contribution < -0.4 is 15.0 Å². The molecule has 3 heterocycles. The normalized spacial score (nSPS) is 18.4. The van der Waals surface area contributed by atoms with Gasteiger partial charge in [0.25, 0.3) is 5.91 Å². The maximum atomic E-state index is 13.5. The topological polar surface area (TPSA) is 71.1 Å². The van der Waals surface area contributed by atoms with Gasteiger partial charge in [-0.25, -0.2) is 4.39 Å². The zero-order valence-corrected chi connectivity index (χ0v) is 19.9. The van der Waals surface area contributed by atoms with Crippen molar-refractivity contribution in [2.45, 2.75) is 12.1 Å². The van der Waals surface area contributed by atoms with Crippen LogP contribution in [0.4, 0.5) is 10.1 Å². The van der Waals surface area contributed by atoms with Crippen LogP contribution in [0.15, 0.2) is 66.0 Å². The Kier molecular flexibility index (Phi) is 6.96. The molecule has 2 unspecified atom stereocenters. The number of hydrogen-bond acceptors (Lipinski definition) is 6. The fraction of sp³-hybridized carbons (Fsp3) is 0.308. The quantitative estimate of drug-likeness (QED) is 0.569. The third kappa shape index (κ3) is 5.31. The molecule has 0 bridgehead atoms. The minimum absolute atomic E-state index is 0.0519. The highest BCUT2D eigenvalue weighted by molar-refractivity contribution is 7.10. The third-order valence-corrected chi connectivity index (χ3v) is 7.07. The van der Waals surface area contributed by atoms with E-state index in [1.807, 2.05) is 46.7 Å². The predicted molar refractivity (Wildman–Crippen MR) is 131 cm³/mol. The molecule has 0 aliphatic carbocycles. The number of halogens is 1. The van der Waals surface area contributed by atoms with E-state index in [0.717, 1.165) is 16.1 Å². The molecule has 0 radical (unpaired) electrons. The van der Waals surface area contributed by atoms with Gasteiger partial charge in [-0.3, -0.25) is 9.59 Å². The van der Waals surface area contributed by atoms with E-state index in [0.29, 0.717) is 32.1 Å². The highest BCUT2D eigenvalue weighted by Gasteiger charge is 2.35. The van der Waals surface area contributed by atoms with Crippen LogP contribution in [-0.4, -0.2) is 62.2 Å². The largest absolute Gasteiger partial charge is 0.477 e. The lowest BCUT2D eigenvalue weighted by atomic mass is 10.1. The van der Waals surface area contributed by atoms with Crippen molar-refractivity contribution in [1.29, 1.82) is 0 Å². The van der Waals surface area contributed by atoms with Crippen LogP contribution in [0.1, 0.15) is 16.5 Å². The lowest BCUT2D eigenvalue weighted by Crippen LogP contribution is -2.54. The Labute approximate surface area is 207 Å². The monoisotopic (exact) mass is 495 g/mol. The van der Waals surface area contributed by atoms with Crippen molar-refractivity contribution in [2.24, 2.45) is 0 Å². The number of ether oxygens (including phenoxy) is 2.